The number of amides is 1. The van der Waals surface area contributed by atoms with E-state index in [0.717, 1.165) is 13.0 Å². The summed E-state index contributed by atoms with van der Waals surface area (Å²) in [4.78, 5) is 12.4. The van der Waals surface area contributed by atoms with Gasteiger partial charge in [0.05, 0.1) is 10.6 Å². The number of anilines is 1. The van der Waals surface area contributed by atoms with Crippen molar-refractivity contribution in [3.05, 3.63) is 60.2 Å². The van der Waals surface area contributed by atoms with E-state index in [4.69, 9.17) is 0 Å². The number of carbonyl (C=O) groups is 1. The van der Waals surface area contributed by atoms with Crippen molar-refractivity contribution in [1.82, 2.24) is 10.6 Å². The zero-order valence-electron chi connectivity index (χ0n) is 15.8. The monoisotopic (exact) mass is 389 g/mol. The van der Waals surface area contributed by atoms with Crippen LogP contribution in [0.4, 0.5) is 5.69 Å². The summed E-state index contributed by atoms with van der Waals surface area (Å²) < 4.78 is 27.4. The van der Waals surface area contributed by atoms with Crippen molar-refractivity contribution < 1.29 is 13.2 Å². The van der Waals surface area contributed by atoms with Crippen LogP contribution in [-0.4, -0.2) is 40.5 Å². The van der Waals surface area contributed by atoms with Crippen molar-refractivity contribution in [3.8, 4) is 0 Å². The van der Waals surface area contributed by atoms with E-state index in [1.165, 1.54) is 16.4 Å². The molecular weight excluding hydrogens is 362 g/mol. The number of hydrogen-bond donors (Lipinski definition) is 2. The fraction of sp³-hybridized carbons (Fsp3) is 0.350. The summed E-state index contributed by atoms with van der Waals surface area (Å²) in [6.45, 7) is 6.22. The molecule has 0 saturated heterocycles. The molecule has 0 heterocycles. The van der Waals surface area contributed by atoms with Gasteiger partial charge in [0.1, 0.15) is 0 Å². The zero-order chi connectivity index (χ0) is 19.7. The summed E-state index contributed by atoms with van der Waals surface area (Å²) in [6, 6.07) is 15.1. The minimum atomic E-state index is -3.75. The van der Waals surface area contributed by atoms with E-state index in [1.807, 2.05) is 6.07 Å². The van der Waals surface area contributed by atoms with Gasteiger partial charge in [0.2, 0.25) is 0 Å². The average molecular weight is 390 g/mol. The Morgan fingerprint density at radius 3 is 2.37 bits per heavy atom. The molecule has 27 heavy (non-hydrogen) atoms. The van der Waals surface area contributed by atoms with Crippen LogP contribution in [0, 0.1) is 0 Å². The first-order valence-electron chi connectivity index (χ1n) is 9.17. The Morgan fingerprint density at radius 1 is 0.963 bits per heavy atom. The number of sulfonamides is 1. The van der Waals surface area contributed by atoms with Crippen LogP contribution >= 0.6 is 0 Å². The van der Waals surface area contributed by atoms with Gasteiger partial charge in [-0.25, -0.2) is 8.42 Å². The first kappa shape index (κ1) is 20.9. The summed E-state index contributed by atoms with van der Waals surface area (Å²) in [5, 5.41) is 6.00. The van der Waals surface area contributed by atoms with Gasteiger partial charge < -0.3 is 10.6 Å². The fourth-order valence-corrected chi connectivity index (χ4v) is 4.20. The topological polar surface area (TPSA) is 78.5 Å². The number of nitrogens with zero attached hydrogens (tertiary/aromatic N) is 1. The molecule has 0 atom stereocenters. The van der Waals surface area contributed by atoms with Crippen molar-refractivity contribution in [3.63, 3.8) is 0 Å². The molecule has 146 valence electrons. The van der Waals surface area contributed by atoms with Crippen LogP contribution in [0.2, 0.25) is 0 Å². The van der Waals surface area contributed by atoms with Gasteiger partial charge in [-0.2, -0.15) is 0 Å². The first-order valence-corrected chi connectivity index (χ1v) is 10.6. The molecule has 2 N–H and O–H groups in total. The molecule has 0 unspecified atom stereocenters. The summed E-state index contributed by atoms with van der Waals surface area (Å²) in [5.41, 5.74) is 0.924. The van der Waals surface area contributed by atoms with Gasteiger partial charge in [0.15, 0.2) is 0 Å². The Labute approximate surface area is 161 Å². The third-order valence-corrected chi connectivity index (χ3v) is 5.93. The molecule has 0 fully saturated rings. The van der Waals surface area contributed by atoms with Crippen molar-refractivity contribution >= 4 is 21.6 Å². The van der Waals surface area contributed by atoms with Crippen LogP contribution in [0.3, 0.4) is 0 Å². The summed E-state index contributed by atoms with van der Waals surface area (Å²) >= 11 is 0. The van der Waals surface area contributed by atoms with Gasteiger partial charge in [-0.05, 0) is 50.2 Å². The summed E-state index contributed by atoms with van der Waals surface area (Å²) in [6.07, 6.45) is 1.03. The second-order valence-corrected chi connectivity index (χ2v) is 7.90. The number of hydrogen-bond acceptors (Lipinski definition) is 4. The normalized spacial score (nSPS) is 11.2. The molecule has 6 nitrogen and oxygen atoms in total. The van der Waals surface area contributed by atoms with Crippen molar-refractivity contribution in [1.29, 1.82) is 0 Å². The molecule has 1 amide bonds. The molecule has 0 aliphatic heterocycles. The lowest BCUT2D eigenvalue weighted by molar-refractivity contribution is 0.0953. The van der Waals surface area contributed by atoms with E-state index in [2.05, 4.69) is 17.6 Å². The third-order valence-electron chi connectivity index (χ3n) is 4.03. The maximum absolute atomic E-state index is 13.1. The Balaban J connectivity index is 2.16. The van der Waals surface area contributed by atoms with Crippen molar-refractivity contribution in [2.24, 2.45) is 0 Å². The average Bonchev–Trinajstić information content (AvgIpc) is 2.69. The molecule has 0 aliphatic rings. The second kappa shape index (κ2) is 10.1. The zero-order valence-corrected chi connectivity index (χ0v) is 16.6. The number of carbonyl (C=O) groups excluding carboxylic acids is 1. The van der Waals surface area contributed by atoms with Crippen LogP contribution in [-0.2, 0) is 10.0 Å². The van der Waals surface area contributed by atoms with Crippen LogP contribution in [0.25, 0.3) is 0 Å². The van der Waals surface area contributed by atoms with Gasteiger partial charge in [-0.15, -0.1) is 0 Å². The molecular formula is C20H27N3O3S. The second-order valence-electron chi connectivity index (χ2n) is 6.04. The fourth-order valence-electron chi connectivity index (χ4n) is 2.68. The predicted octanol–water partition coefficient (Wildman–Crippen LogP) is 2.63. The van der Waals surface area contributed by atoms with Crippen molar-refractivity contribution in [2.45, 2.75) is 25.2 Å². The molecule has 0 aliphatic carbocycles. The quantitative estimate of drug-likeness (QED) is 0.613. The predicted molar refractivity (Wildman–Crippen MR) is 109 cm³/mol. The Hall–Kier alpha value is -2.38. The van der Waals surface area contributed by atoms with E-state index in [9.17, 15) is 13.2 Å². The van der Waals surface area contributed by atoms with E-state index >= 15 is 0 Å². The number of para-hydroxylation sites is 1. The van der Waals surface area contributed by atoms with E-state index in [-0.39, 0.29) is 10.8 Å². The van der Waals surface area contributed by atoms with Gasteiger partial charge in [0, 0.05) is 25.2 Å². The van der Waals surface area contributed by atoms with Crippen LogP contribution < -0.4 is 14.9 Å². The summed E-state index contributed by atoms with van der Waals surface area (Å²) in [7, 11) is -3.75. The van der Waals surface area contributed by atoms with Gasteiger partial charge in [-0.1, -0.05) is 31.2 Å². The van der Waals surface area contributed by atoms with Gasteiger partial charge >= 0.3 is 0 Å². The van der Waals surface area contributed by atoms with Gasteiger partial charge in [-0.3, -0.25) is 9.10 Å². The summed E-state index contributed by atoms with van der Waals surface area (Å²) in [5.74, 6) is -0.284. The molecule has 0 aromatic heterocycles. The maximum atomic E-state index is 13.1. The third kappa shape index (κ3) is 5.55. The molecule has 0 spiro atoms. The Kier molecular flexibility index (Phi) is 7.82. The lowest BCUT2D eigenvalue weighted by Gasteiger charge is -2.23. The van der Waals surface area contributed by atoms with Crippen LogP contribution in [0.1, 0.15) is 30.6 Å². The minimum Gasteiger partial charge on any atom is -0.351 e. The van der Waals surface area contributed by atoms with Gasteiger partial charge in [0.25, 0.3) is 15.9 Å². The standard InChI is InChI=1S/C20H27N3O3S/c1-3-13-21-14-15-22-20(24)17-9-8-12-19(16-17)27(25,26)23(4-2)18-10-6-5-7-11-18/h5-12,16,21H,3-4,13-15H2,1-2H3,(H,22,24). The Bertz CT molecular complexity index is 839. The highest BCUT2D eigenvalue weighted by Gasteiger charge is 2.24. The molecule has 0 saturated carbocycles. The number of rotatable bonds is 10. The molecule has 7 heteroatoms. The smallest absolute Gasteiger partial charge is 0.264 e. The molecule has 2 aromatic carbocycles. The highest BCUT2D eigenvalue weighted by Crippen LogP contribution is 2.23. The van der Waals surface area contributed by atoms with Crippen molar-refractivity contribution in [2.75, 3.05) is 30.5 Å². The van der Waals surface area contributed by atoms with E-state index in [0.29, 0.717) is 30.9 Å². The molecule has 2 rings (SSSR count). The molecule has 0 bridgehead atoms. The van der Waals surface area contributed by atoms with E-state index in [1.54, 1.807) is 43.3 Å². The highest BCUT2D eigenvalue weighted by atomic mass is 32.2. The van der Waals surface area contributed by atoms with Crippen LogP contribution in [0.5, 0.6) is 0 Å². The Morgan fingerprint density at radius 2 is 1.70 bits per heavy atom. The lowest BCUT2D eigenvalue weighted by atomic mass is 10.2. The lowest BCUT2D eigenvalue weighted by Crippen LogP contribution is -2.33. The minimum absolute atomic E-state index is 0.102. The highest BCUT2D eigenvalue weighted by molar-refractivity contribution is 7.92. The molecule has 0 radical (unpaired) electrons. The first-order chi connectivity index (χ1) is 13.0. The molecule has 2 aromatic rings. The van der Waals surface area contributed by atoms with E-state index < -0.39 is 10.0 Å². The van der Waals surface area contributed by atoms with Crippen LogP contribution in [0.15, 0.2) is 59.5 Å². The number of benzene rings is 2. The largest absolute Gasteiger partial charge is 0.351 e. The number of nitrogens with one attached hydrogen (secondary N) is 2. The maximum Gasteiger partial charge on any atom is 0.264 e. The SMILES string of the molecule is CCCNCCNC(=O)c1cccc(S(=O)(=O)N(CC)c2ccccc2)c1.